The Balaban J connectivity index is 1.82. The lowest BCUT2D eigenvalue weighted by molar-refractivity contribution is 0.599. The van der Waals surface area contributed by atoms with Crippen LogP contribution in [0, 0.1) is 17.1 Å². The monoisotopic (exact) mass is 423 g/mol. The average molecular weight is 424 g/mol. The summed E-state index contributed by atoms with van der Waals surface area (Å²) in [5, 5.41) is 12.2. The van der Waals surface area contributed by atoms with Gasteiger partial charge in [0.05, 0.1) is 21.8 Å². The van der Waals surface area contributed by atoms with Gasteiger partial charge in [-0.25, -0.2) is 12.8 Å². The molecule has 3 aromatic carbocycles. The smallest absolute Gasteiger partial charge is 0.262 e. The van der Waals surface area contributed by atoms with E-state index in [0.29, 0.717) is 11.4 Å². The van der Waals surface area contributed by atoms with Crippen molar-refractivity contribution in [2.45, 2.75) is 31.1 Å². The Hall–Kier alpha value is -3.37. The van der Waals surface area contributed by atoms with E-state index in [1.807, 2.05) is 24.3 Å². The molecule has 0 spiro atoms. The first kappa shape index (κ1) is 21.3. The Kier molecular flexibility index (Phi) is 6.70. The van der Waals surface area contributed by atoms with Crippen LogP contribution in [0.3, 0.4) is 0 Å². The van der Waals surface area contributed by atoms with Crippen LogP contribution in [0.2, 0.25) is 0 Å². The molecule has 0 unspecified atom stereocenters. The van der Waals surface area contributed by atoms with Gasteiger partial charge < -0.3 is 5.32 Å². The SMILES string of the molecule is CCCCc1ccc(Nc2ccccc2NS(=O)(=O)c2ccc(F)c(C#N)c2)cc1. The predicted octanol–water partition coefficient (Wildman–Crippen LogP) is 5.58. The number of rotatable bonds is 8. The number of nitrogens with one attached hydrogen (secondary N) is 2. The van der Waals surface area contributed by atoms with E-state index < -0.39 is 15.8 Å². The van der Waals surface area contributed by atoms with E-state index in [1.54, 1.807) is 30.3 Å². The molecule has 0 atom stereocenters. The number of hydrogen-bond donors (Lipinski definition) is 2. The molecule has 0 bridgehead atoms. The largest absolute Gasteiger partial charge is 0.354 e. The quantitative estimate of drug-likeness (QED) is 0.495. The van der Waals surface area contributed by atoms with E-state index in [-0.39, 0.29) is 10.5 Å². The minimum atomic E-state index is -4.00. The van der Waals surface area contributed by atoms with E-state index in [9.17, 15) is 12.8 Å². The number of hydrogen-bond acceptors (Lipinski definition) is 4. The highest BCUT2D eigenvalue weighted by molar-refractivity contribution is 7.92. The third-order valence-corrected chi connectivity index (χ3v) is 5.96. The number of sulfonamides is 1. The summed E-state index contributed by atoms with van der Waals surface area (Å²) >= 11 is 0. The van der Waals surface area contributed by atoms with E-state index in [1.165, 1.54) is 5.56 Å². The highest BCUT2D eigenvalue weighted by atomic mass is 32.2. The summed E-state index contributed by atoms with van der Waals surface area (Å²) in [5.41, 5.74) is 2.67. The number of aryl methyl sites for hydroxylation is 1. The van der Waals surface area contributed by atoms with Crippen molar-refractivity contribution >= 4 is 27.1 Å². The maximum absolute atomic E-state index is 13.5. The van der Waals surface area contributed by atoms with Crippen LogP contribution < -0.4 is 10.0 Å². The number of nitrogens with zero attached hydrogens (tertiary/aromatic N) is 1. The van der Waals surface area contributed by atoms with Gasteiger partial charge in [0.2, 0.25) is 0 Å². The van der Waals surface area contributed by atoms with Crippen LogP contribution in [-0.2, 0) is 16.4 Å². The van der Waals surface area contributed by atoms with Crippen molar-refractivity contribution < 1.29 is 12.8 Å². The van der Waals surface area contributed by atoms with Gasteiger partial charge in [-0.05, 0) is 60.9 Å². The lowest BCUT2D eigenvalue weighted by Crippen LogP contribution is -2.14. The molecule has 0 aromatic heterocycles. The first-order chi connectivity index (χ1) is 14.4. The molecular formula is C23H22FN3O2S. The molecule has 154 valence electrons. The minimum absolute atomic E-state index is 0.185. The summed E-state index contributed by atoms with van der Waals surface area (Å²) in [6, 6.07) is 19.7. The molecule has 3 rings (SSSR count). The van der Waals surface area contributed by atoms with Gasteiger partial charge in [0.25, 0.3) is 10.0 Å². The third-order valence-electron chi connectivity index (χ3n) is 4.59. The molecule has 5 nitrogen and oxygen atoms in total. The molecule has 0 amide bonds. The maximum Gasteiger partial charge on any atom is 0.262 e. The van der Waals surface area contributed by atoms with E-state index in [0.717, 1.165) is 43.1 Å². The van der Waals surface area contributed by atoms with Crippen molar-refractivity contribution in [2.24, 2.45) is 0 Å². The second-order valence-electron chi connectivity index (χ2n) is 6.83. The van der Waals surface area contributed by atoms with Gasteiger partial charge in [-0.2, -0.15) is 5.26 Å². The standard InChI is InChI=1S/C23H22FN3O2S/c1-2-3-6-17-9-11-19(12-10-17)26-22-7-4-5-8-23(22)27-30(28,29)20-13-14-21(24)18(15-20)16-25/h4-5,7-15,26-27H,2-3,6H2,1H3. The first-order valence-electron chi connectivity index (χ1n) is 9.60. The van der Waals surface area contributed by atoms with Crippen LogP contribution in [-0.4, -0.2) is 8.42 Å². The van der Waals surface area contributed by atoms with Gasteiger partial charge in [-0.1, -0.05) is 37.6 Å². The zero-order valence-corrected chi connectivity index (χ0v) is 17.3. The van der Waals surface area contributed by atoms with Crippen molar-refractivity contribution in [2.75, 3.05) is 10.0 Å². The molecule has 0 aliphatic rings. The van der Waals surface area contributed by atoms with Gasteiger partial charge in [0, 0.05) is 5.69 Å². The molecular weight excluding hydrogens is 401 g/mol. The topological polar surface area (TPSA) is 82.0 Å². The minimum Gasteiger partial charge on any atom is -0.354 e. The highest BCUT2D eigenvalue weighted by Crippen LogP contribution is 2.28. The fourth-order valence-electron chi connectivity index (χ4n) is 2.93. The second-order valence-corrected chi connectivity index (χ2v) is 8.51. The number of unbranched alkanes of at least 4 members (excludes halogenated alkanes) is 1. The summed E-state index contributed by atoms with van der Waals surface area (Å²) in [7, 11) is -4.00. The van der Waals surface area contributed by atoms with Gasteiger partial charge in [-0.15, -0.1) is 0 Å². The van der Waals surface area contributed by atoms with E-state index in [2.05, 4.69) is 17.0 Å². The zero-order valence-electron chi connectivity index (χ0n) is 16.5. The Labute approximate surface area is 176 Å². The lowest BCUT2D eigenvalue weighted by Gasteiger charge is -2.15. The zero-order chi connectivity index (χ0) is 21.6. The number of anilines is 3. The molecule has 2 N–H and O–H groups in total. The Bertz CT molecular complexity index is 1170. The van der Waals surface area contributed by atoms with Crippen molar-refractivity contribution in [3.05, 3.63) is 83.7 Å². The van der Waals surface area contributed by atoms with Crippen LogP contribution in [0.4, 0.5) is 21.5 Å². The molecule has 3 aromatic rings. The molecule has 0 radical (unpaired) electrons. The summed E-state index contributed by atoms with van der Waals surface area (Å²) in [6.07, 6.45) is 3.29. The molecule has 0 saturated carbocycles. The van der Waals surface area contributed by atoms with Crippen LogP contribution in [0.25, 0.3) is 0 Å². The number of benzene rings is 3. The molecule has 0 saturated heterocycles. The fraction of sp³-hybridized carbons (Fsp3) is 0.174. The Morgan fingerprint density at radius 3 is 2.37 bits per heavy atom. The second kappa shape index (κ2) is 9.42. The molecule has 7 heteroatoms. The number of para-hydroxylation sites is 2. The van der Waals surface area contributed by atoms with Crippen molar-refractivity contribution in [3.8, 4) is 6.07 Å². The van der Waals surface area contributed by atoms with Crippen LogP contribution in [0.5, 0.6) is 0 Å². The highest BCUT2D eigenvalue weighted by Gasteiger charge is 2.18. The molecule has 0 aliphatic heterocycles. The van der Waals surface area contributed by atoms with Crippen LogP contribution in [0.1, 0.15) is 30.9 Å². The average Bonchev–Trinajstić information content (AvgIpc) is 2.74. The third kappa shape index (κ3) is 5.16. The normalized spacial score (nSPS) is 11.0. The Morgan fingerprint density at radius 1 is 1.00 bits per heavy atom. The number of nitriles is 1. The summed E-state index contributed by atoms with van der Waals surface area (Å²) in [4.78, 5) is -0.185. The predicted molar refractivity (Wildman–Crippen MR) is 117 cm³/mol. The molecule has 0 aliphatic carbocycles. The number of halogens is 1. The van der Waals surface area contributed by atoms with Crippen molar-refractivity contribution in [1.82, 2.24) is 0 Å². The van der Waals surface area contributed by atoms with Crippen molar-refractivity contribution in [1.29, 1.82) is 5.26 Å². The van der Waals surface area contributed by atoms with Crippen LogP contribution in [0.15, 0.2) is 71.6 Å². The van der Waals surface area contributed by atoms with Gasteiger partial charge in [0.15, 0.2) is 0 Å². The molecule has 30 heavy (non-hydrogen) atoms. The lowest BCUT2D eigenvalue weighted by atomic mass is 10.1. The van der Waals surface area contributed by atoms with Gasteiger partial charge in [-0.3, -0.25) is 4.72 Å². The van der Waals surface area contributed by atoms with E-state index >= 15 is 0 Å². The molecule has 0 heterocycles. The fourth-order valence-corrected chi connectivity index (χ4v) is 4.04. The molecule has 0 fully saturated rings. The van der Waals surface area contributed by atoms with Crippen molar-refractivity contribution in [3.63, 3.8) is 0 Å². The summed E-state index contributed by atoms with van der Waals surface area (Å²) < 4.78 is 41.6. The van der Waals surface area contributed by atoms with Gasteiger partial charge in [0.1, 0.15) is 11.9 Å². The van der Waals surface area contributed by atoms with E-state index in [4.69, 9.17) is 5.26 Å². The summed E-state index contributed by atoms with van der Waals surface area (Å²) in [6.45, 7) is 2.15. The first-order valence-corrected chi connectivity index (χ1v) is 11.1. The van der Waals surface area contributed by atoms with Gasteiger partial charge >= 0.3 is 0 Å². The van der Waals surface area contributed by atoms with Crippen LogP contribution >= 0.6 is 0 Å². The summed E-state index contributed by atoms with van der Waals surface area (Å²) in [5.74, 6) is -0.763. The Morgan fingerprint density at radius 2 is 1.70 bits per heavy atom. The maximum atomic E-state index is 13.5.